The second kappa shape index (κ2) is 10.9. The molecule has 0 N–H and O–H groups in total. The maximum absolute atomic E-state index is 9.47. The lowest BCUT2D eigenvalue weighted by Crippen LogP contribution is -2.63. The van der Waals surface area contributed by atoms with Gasteiger partial charge in [0.25, 0.3) is 12.5 Å². The highest BCUT2D eigenvalue weighted by molar-refractivity contribution is 5.49. The van der Waals surface area contributed by atoms with Crippen molar-refractivity contribution in [1.82, 2.24) is 0 Å². The van der Waals surface area contributed by atoms with Gasteiger partial charge in [-0.3, -0.25) is 0 Å². The van der Waals surface area contributed by atoms with Crippen LogP contribution in [-0.2, 0) is 10.8 Å². The van der Waals surface area contributed by atoms with Gasteiger partial charge in [0.15, 0.2) is 0 Å². The van der Waals surface area contributed by atoms with Crippen LogP contribution in [0.1, 0.15) is 157 Å². The van der Waals surface area contributed by atoms with E-state index >= 15 is 0 Å². The second-order valence-electron chi connectivity index (χ2n) is 15.8. The van der Waals surface area contributed by atoms with Gasteiger partial charge < -0.3 is 9.47 Å². The lowest BCUT2D eigenvalue weighted by molar-refractivity contribution is -0.136. The first kappa shape index (κ1) is 28.8. The lowest BCUT2D eigenvalue weighted by atomic mass is 9.33. The molecule has 0 aromatic heterocycles. The van der Waals surface area contributed by atoms with Gasteiger partial charge >= 0.3 is 0 Å². The van der Waals surface area contributed by atoms with Gasteiger partial charge in [-0.05, 0) is 132 Å². The molecule has 4 heteroatoms. The molecule has 4 bridgehead atoms. The maximum atomic E-state index is 9.47. The zero-order chi connectivity index (χ0) is 29.7. The van der Waals surface area contributed by atoms with Crippen molar-refractivity contribution in [2.24, 2.45) is 10.8 Å². The first-order chi connectivity index (χ1) is 20.8. The fraction of sp³-hybridized carbons (Fsp3) is 0.641. The van der Waals surface area contributed by atoms with Crippen molar-refractivity contribution in [2.75, 3.05) is 0 Å². The third-order valence-electron chi connectivity index (χ3n) is 12.8. The molecule has 43 heavy (non-hydrogen) atoms. The zero-order valence-electron chi connectivity index (χ0n) is 26.4. The van der Waals surface area contributed by atoms with Crippen LogP contribution in [0.25, 0.3) is 0 Å². The van der Waals surface area contributed by atoms with Crippen LogP contribution in [0.3, 0.4) is 0 Å². The molecule has 2 aromatic rings. The molecule has 6 aliphatic rings. The molecular weight excluding hydrogens is 528 g/mol. The van der Waals surface area contributed by atoms with Gasteiger partial charge in [-0.15, -0.1) is 10.5 Å². The van der Waals surface area contributed by atoms with Gasteiger partial charge in [0, 0.05) is 0 Å². The van der Waals surface area contributed by atoms with Gasteiger partial charge in [-0.1, -0.05) is 83.1 Å². The van der Waals surface area contributed by atoms with E-state index < -0.39 is 0 Å². The standard InChI is InChI=1S/C39H48N2O2/c1-3-37-20-36(2)21-38(23-37,30-14-16-34(42-26-40)32(18-30)28-10-6-4-7-11-28)25-39(22-36,24-37)31-15-17-35(43-27-41)33(19-31)29-12-8-5-9-13-29/h14-19,28-29H,3-13,20-25H2,1-2H3. The van der Waals surface area contributed by atoms with Crippen LogP contribution >= 0.6 is 0 Å². The number of nitrogens with zero attached hydrogens (tertiary/aromatic N) is 2. The Balaban J connectivity index is 1.34. The largest absolute Gasteiger partial charge is 0.388 e. The van der Waals surface area contributed by atoms with Crippen LogP contribution in [0.15, 0.2) is 36.4 Å². The molecule has 2 aromatic carbocycles. The minimum atomic E-state index is 0.126. The minimum Gasteiger partial charge on any atom is -0.388 e. The van der Waals surface area contributed by atoms with Crippen LogP contribution in [0.4, 0.5) is 0 Å². The quantitative estimate of drug-likeness (QED) is 0.308. The summed E-state index contributed by atoms with van der Waals surface area (Å²) in [5.74, 6) is 2.53. The van der Waals surface area contributed by atoms with Gasteiger partial charge in [0.2, 0.25) is 0 Å². The average Bonchev–Trinajstić information content (AvgIpc) is 3.01. The van der Waals surface area contributed by atoms with E-state index in [1.807, 2.05) is 12.5 Å². The van der Waals surface area contributed by atoms with E-state index in [1.54, 1.807) is 0 Å². The Kier molecular flexibility index (Phi) is 7.28. The average molecular weight is 577 g/mol. The first-order valence-corrected chi connectivity index (χ1v) is 17.3. The highest BCUT2D eigenvalue weighted by Gasteiger charge is 2.67. The number of hydrogen-bond acceptors (Lipinski definition) is 4. The molecule has 4 nitrogen and oxygen atoms in total. The molecule has 226 valence electrons. The molecule has 0 aliphatic heterocycles. The molecule has 0 heterocycles. The monoisotopic (exact) mass is 576 g/mol. The fourth-order valence-electron chi connectivity index (χ4n) is 11.9. The summed E-state index contributed by atoms with van der Waals surface area (Å²) in [6.07, 6.45) is 25.2. The predicted octanol–water partition coefficient (Wildman–Crippen LogP) is 10.5. The molecule has 0 saturated heterocycles. The number of benzene rings is 2. The number of ether oxygens (including phenoxy) is 2. The van der Waals surface area contributed by atoms with E-state index in [4.69, 9.17) is 9.47 Å². The van der Waals surface area contributed by atoms with Crippen molar-refractivity contribution in [3.05, 3.63) is 58.7 Å². The Morgan fingerprint density at radius 2 is 1.12 bits per heavy atom. The third-order valence-corrected chi connectivity index (χ3v) is 12.8. The van der Waals surface area contributed by atoms with Crippen LogP contribution in [0.5, 0.6) is 11.5 Å². The minimum absolute atomic E-state index is 0.126. The van der Waals surface area contributed by atoms with E-state index in [9.17, 15) is 10.5 Å². The molecule has 0 amide bonds. The number of nitriles is 2. The SMILES string of the molecule is CCC12CC3(C)CC(c4ccc(OC#N)c(C5CCCCC5)c4)(C1)CC(c1ccc(OC#N)c(C4CCCCC4)c1)(C3)C2. The Labute approximate surface area is 258 Å². The molecule has 2 unspecified atom stereocenters. The van der Waals surface area contributed by atoms with Gasteiger partial charge in [-0.2, -0.15) is 0 Å². The number of hydrogen-bond donors (Lipinski definition) is 0. The summed E-state index contributed by atoms with van der Waals surface area (Å²) in [6, 6.07) is 13.9. The summed E-state index contributed by atoms with van der Waals surface area (Å²) in [5, 5.41) is 18.9. The summed E-state index contributed by atoms with van der Waals surface area (Å²) >= 11 is 0. The van der Waals surface area contributed by atoms with E-state index in [0.29, 0.717) is 22.7 Å². The van der Waals surface area contributed by atoms with Crippen molar-refractivity contribution in [3.63, 3.8) is 0 Å². The van der Waals surface area contributed by atoms with Crippen molar-refractivity contribution in [1.29, 1.82) is 10.5 Å². The topological polar surface area (TPSA) is 66.0 Å². The van der Waals surface area contributed by atoms with E-state index in [2.05, 4.69) is 50.2 Å². The Morgan fingerprint density at radius 3 is 1.53 bits per heavy atom. The summed E-state index contributed by atoms with van der Waals surface area (Å²) < 4.78 is 11.2. The highest BCUT2D eigenvalue weighted by atomic mass is 16.5. The highest BCUT2D eigenvalue weighted by Crippen LogP contribution is 2.75. The third kappa shape index (κ3) is 4.94. The molecule has 0 radical (unpaired) electrons. The molecule has 6 aliphatic carbocycles. The van der Waals surface area contributed by atoms with Gasteiger partial charge in [0.1, 0.15) is 11.5 Å². The van der Waals surface area contributed by atoms with Crippen LogP contribution in [0, 0.1) is 33.9 Å². The van der Waals surface area contributed by atoms with Gasteiger partial charge in [0.05, 0.1) is 0 Å². The molecule has 0 spiro atoms. The summed E-state index contributed by atoms with van der Waals surface area (Å²) in [6.45, 7) is 5.02. The smallest absolute Gasteiger partial charge is 0.292 e. The fourth-order valence-corrected chi connectivity index (χ4v) is 11.9. The Bertz CT molecular complexity index is 1350. The van der Waals surface area contributed by atoms with Crippen LogP contribution in [0.2, 0.25) is 0 Å². The zero-order valence-corrected chi connectivity index (χ0v) is 26.4. The summed E-state index contributed by atoms with van der Waals surface area (Å²) in [5.41, 5.74) is 6.41. The van der Waals surface area contributed by atoms with Crippen LogP contribution in [-0.4, -0.2) is 0 Å². The normalized spacial score (nSPS) is 34.0. The maximum Gasteiger partial charge on any atom is 0.292 e. The molecule has 8 rings (SSSR count). The van der Waals surface area contributed by atoms with Crippen molar-refractivity contribution in [3.8, 4) is 24.0 Å². The van der Waals surface area contributed by atoms with E-state index in [1.165, 1.54) is 131 Å². The first-order valence-electron chi connectivity index (χ1n) is 17.3. The molecule has 6 fully saturated rings. The molecule has 2 atom stereocenters. The Hall–Kier alpha value is -2.98. The predicted molar refractivity (Wildman–Crippen MR) is 169 cm³/mol. The number of rotatable bonds is 7. The van der Waals surface area contributed by atoms with E-state index in [0.717, 1.165) is 11.5 Å². The lowest BCUT2D eigenvalue weighted by Gasteiger charge is -2.71. The van der Waals surface area contributed by atoms with Crippen molar-refractivity contribution >= 4 is 0 Å². The van der Waals surface area contributed by atoms with Crippen molar-refractivity contribution < 1.29 is 9.47 Å². The second-order valence-corrected chi connectivity index (χ2v) is 15.8. The Morgan fingerprint density at radius 1 is 0.651 bits per heavy atom. The van der Waals surface area contributed by atoms with Crippen molar-refractivity contribution in [2.45, 2.75) is 146 Å². The molecular formula is C39H48N2O2. The summed E-state index contributed by atoms with van der Waals surface area (Å²) in [4.78, 5) is 0. The summed E-state index contributed by atoms with van der Waals surface area (Å²) in [7, 11) is 0. The van der Waals surface area contributed by atoms with Gasteiger partial charge in [-0.25, -0.2) is 0 Å². The molecule has 6 saturated carbocycles. The van der Waals surface area contributed by atoms with Crippen LogP contribution < -0.4 is 9.47 Å². The van der Waals surface area contributed by atoms with E-state index in [-0.39, 0.29) is 10.8 Å².